The summed E-state index contributed by atoms with van der Waals surface area (Å²) in [4.78, 5) is 16.4. The van der Waals surface area contributed by atoms with E-state index in [0.29, 0.717) is 30.5 Å². The molecule has 1 heterocycles. The summed E-state index contributed by atoms with van der Waals surface area (Å²) in [5.41, 5.74) is 2.14. The van der Waals surface area contributed by atoms with E-state index in [2.05, 4.69) is 22.5 Å². The number of aliphatic hydroxyl groups excluding tert-OH is 1. The summed E-state index contributed by atoms with van der Waals surface area (Å²) in [6.07, 6.45) is 3.47. The molecule has 0 aliphatic carbocycles. The minimum atomic E-state index is -0.248. The van der Waals surface area contributed by atoms with Gasteiger partial charge in [0.1, 0.15) is 5.52 Å². The highest BCUT2D eigenvalue weighted by molar-refractivity contribution is 5.91. The monoisotopic (exact) mass is 319 g/mol. The van der Waals surface area contributed by atoms with Crippen LogP contribution in [0.15, 0.2) is 22.6 Å². The van der Waals surface area contributed by atoms with E-state index in [1.54, 1.807) is 12.1 Å². The van der Waals surface area contributed by atoms with Gasteiger partial charge >= 0.3 is 6.03 Å². The third-order valence-electron chi connectivity index (χ3n) is 3.78. The van der Waals surface area contributed by atoms with Gasteiger partial charge in [0.25, 0.3) is 0 Å². The molecule has 2 rings (SSSR count). The van der Waals surface area contributed by atoms with E-state index in [1.165, 1.54) is 0 Å². The Morgan fingerprint density at radius 1 is 1.35 bits per heavy atom. The number of benzene rings is 1. The fourth-order valence-corrected chi connectivity index (χ4v) is 2.56. The van der Waals surface area contributed by atoms with Crippen molar-refractivity contribution in [1.82, 2.24) is 10.3 Å². The summed E-state index contributed by atoms with van der Waals surface area (Å²) < 4.78 is 5.55. The third kappa shape index (κ3) is 4.96. The molecule has 23 heavy (non-hydrogen) atoms. The third-order valence-corrected chi connectivity index (χ3v) is 3.78. The molecule has 0 aliphatic rings. The maximum atomic E-state index is 12.0. The quantitative estimate of drug-likeness (QED) is 0.696. The Kier molecular flexibility index (Phi) is 6.40. The van der Waals surface area contributed by atoms with Crippen molar-refractivity contribution in [3.63, 3.8) is 0 Å². The smallest absolute Gasteiger partial charge is 0.319 e. The summed E-state index contributed by atoms with van der Waals surface area (Å²) in [7, 11) is 0. The molecule has 6 nitrogen and oxygen atoms in total. The van der Waals surface area contributed by atoms with Crippen molar-refractivity contribution in [2.45, 2.75) is 39.5 Å². The number of oxazole rings is 1. The Morgan fingerprint density at radius 3 is 2.87 bits per heavy atom. The number of fused-ring (bicyclic) bond motifs is 1. The van der Waals surface area contributed by atoms with Gasteiger partial charge in [0.15, 0.2) is 11.5 Å². The zero-order valence-electron chi connectivity index (χ0n) is 13.8. The van der Waals surface area contributed by atoms with Crippen molar-refractivity contribution >= 4 is 22.8 Å². The number of aliphatic hydroxyl groups is 1. The van der Waals surface area contributed by atoms with Crippen LogP contribution in [0.1, 0.15) is 39.0 Å². The number of amides is 2. The molecule has 3 N–H and O–H groups in total. The average Bonchev–Trinajstić information content (AvgIpc) is 2.95. The van der Waals surface area contributed by atoms with Crippen molar-refractivity contribution < 1.29 is 14.3 Å². The van der Waals surface area contributed by atoms with Gasteiger partial charge in [0.2, 0.25) is 0 Å². The van der Waals surface area contributed by atoms with Crippen LogP contribution in [-0.4, -0.2) is 29.3 Å². The highest BCUT2D eigenvalue weighted by Gasteiger charge is 2.10. The van der Waals surface area contributed by atoms with Gasteiger partial charge in [-0.1, -0.05) is 20.3 Å². The van der Waals surface area contributed by atoms with Crippen molar-refractivity contribution in [3.05, 3.63) is 24.1 Å². The van der Waals surface area contributed by atoms with Gasteiger partial charge in [-0.05, 0) is 37.0 Å². The number of rotatable bonds is 8. The second kappa shape index (κ2) is 8.53. The normalized spacial score (nSPS) is 12.3. The Hall–Kier alpha value is -2.08. The van der Waals surface area contributed by atoms with Crippen LogP contribution in [0.25, 0.3) is 11.1 Å². The van der Waals surface area contributed by atoms with Gasteiger partial charge in [0.05, 0.1) is 0 Å². The van der Waals surface area contributed by atoms with Crippen LogP contribution in [0.3, 0.4) is 0 Å². The number of hydrogen-bond acceptors (Lipinski definition) is 4. The Labute approximate surface area is 136 Å². The molecule has 1 unspecified atom stereocenters. The number of anilines is 1. The molecule has 0 aliphatic heterocycles. The second-order valence-electron chi connectivity index (χ2n) is 5.65. The molecule has 1 atom stereocenters. The van der Waals surface area contributed by atoms with Crippen molar-refractivity contribution in [3.8, 4) is 0 Å². The fraction of sp³-hybridized carbons (Fsp3) is 0.529. The number of nitrogens with zero attached hydrogens (tertiary/aromatic N) is 1. The molecule has 0 spiro atoms. The van der Waals surface area contributed by atoms with Crippen molar-refractivity contribution in [2.75, 3.05) is 18.5 Å². The molecule has 0 bridgehead atoms. The molecule has 2 aromatic rings. The molecular weight excluding hydrogens is 294 g/mol. The topological polar surface area (TPSA) is 87.4 Å². The lowest BCUT2D eigenvalue weighted by Crippen LogP contribution is -2.33. The standard InChI is InChI=1S/C17H25N3O3/c1-3-5-12(8-9-21)11-18-17(22)19-13-6-7-15-14(10-13)20-16(4-2)23-15/h6-7,10,12,21H,3-5,8-9,11H2,1-2H3,(H2,18,19,22). The van der Waals surface area contributed by atoms with Crippen LogP contribution in [0.5, 0.6) is 0 Å². The van der Waals surface area contributed by atoms with Gasteiger partial charge in [-0.15, -0.1) is 0 Å². The molecule has 1 aromatic carbocycles. The van der Waals surface area contributed by atoms with E-state index < -0.39 is 0 Å². The predicted octanol–water partition coefficient (Wildman–Crippen LogP) is 3.31. The Bertz CT molecular complexity index is 633. The summed E-state index contributed by atoms with van der Waals surface area (Å²) in [6.45, 7) is 4.79. The van der Waals surface area contributed by atoms with E-state index >= 15 is 0 Å². The number of nitrogens with one attached hydrogen (secondary N) is 2. The van der Waals surface area contributed by atoms with E-state index in [9.17, 15) is 4.79 Å². The lowest BCUT2D eigenvalue weighted by atomic mass is 10.0. The Morgan fingerprint density at radius 2 is 2.17 bits per heavy atom. The maximum Gasteiger partial charge on any atom is 0.319 e. The van der Waals surface area contributed by atoms with Crippen LogP contribution < -0.4 is 10.6 Å². The van der Waals surface area contributed by atoms with Crippen molar-refractivity contribution in [1.29, 1.82) is 0 Å². The first kappa shape index (κ1) is 17.3. The zero-order valence-corrected chi connectivity index (χ0v) is 13.8. The first-order chi connectivity index (χ1) is 11.2. The Balaban J connectivity index is 1.91. The highest BCUT2D eigenvalue weighted by Crippen LogP contribution is 2.20. The lowest BCUT2D eigenvalue weighted by molar-refractivity contribution is 0.237. The first-order valence-corrected chi connectivity index (χ1v) is 8.21. The van der Waals surface area contributed by atoms with E-state index in [1.807, 2.05) is 13.0 Å². The van der Waals surface area contributed by atoms with Crippen molar-refractivity contribution in [2.24, 2.45) is 5.92 Å². The van der Waals surface area contributed by atoms with E-state index in [0.717, 1.165) is 30.4 Å². The molecule has 1 aromatic heterocycles. The number of hydrogen-bond donors (Lipinski definition) is 3. The summed E-state index contributed by atoms with van der Waals surface area (Å²) in [5, 5.41) is 14.7. The molecule has 6 heteroatoms. The minimum absolute atomic E-state index is 0.149. The maximum absolute atomic E-state index is 12.0. The van der Waals surface area contributed by atoms with Crippen LogP contribution in [0.2, 0.25) is 0 Å². The average molecular weight is 319 g/mol. The van der Waals surface area contributed by atoms with Gasteiger partial charge in [-0.25, -0.2) is 9.78 Å². The van der Waals surface area contributed by atoms with Gasteiger partial charge < -0.3 is 20.2 Å². The van der Waals surface area contributed by atoms with Crippen LogP contribution in [-0.2, 0) is 6.42 Å². The zero-order chi connectivity index (χ0) is 16.7. The molecule has 2 amide bonds. The van der Waals surface area contributed by atoms with Crippen LogP contribution >= 0.6 is 0 Å². The van der Waals surface area contributed by atoms with E-state index in [4.69, 9.17) is 9.52 Å². The number of urea groups is 1. The fourth-order valence-electron chi connectivity index (χ4n) is 2.56. The van der Waals surface area contributed by atoms with E-state index in [-0.39, 0.29) is 12.6 Å². The summed E-state index contributed by atoms with van der Waals surface area (Å²) in [6, 6.07) is 5.16. The number of aryl methyl sites for hydroxylation is 1. The largest absolute Gasteiger partial charge is 0.441 e. The summed E-state index contributed by atoms with van der Waals surface area (Å²) in [5.74, 6) is 0.994. The van der Waals surface area contributed by atoms with Crippen LogP contribution in [0, 0.1) is 5.92 Å². The lowest BCUT2D eigenvalue weighted by Gasteiger charge is -2.16. The molecule has 0 saturated heterocycles. The first-order valence-electron chi connectivity index (χ1n) is 8.21. The molecule has 0 saturated carbocycles. The van der Waals surface area contributed by atoms with Crippen LogP contribution in [0.4, 0.5) is 10.5 Å². The molecular formula is C17H25N3O3. The molecule has 126 valence electrons. The summed E-state index contributed by atoms with van der Waals surface area (Å²) >= 11 is 0. The number of carbonyl (C=O) groups is 1. The van der Waals surface area contributed by atoms with Gasteiger partial charge in [-0.3, -0.25) is 0 Å². The second-order valence-corrected chi connectivity index (χ2v) is 5.65. The van der Waals surface area contributed by atoms with Gasteiger partial charge in [0, 0.05) is 25.3 Å². The number of aromatic nitrogens is 1. The SMILES string of the molecule is CCCC(CCO)CNC(=O)Nc1ccc2oc(CC)nc2c1. The number of carbonyl (C=O) groups excluding carboxylic acids is 1. The predicted molar refractivity (Wildman–Crippen MR) is 90.5 cm³/mol. The molecule has 0 radical (unpaired) electrons. The van der Waals surface area contributed by atoms with Gasteiger partial charge in [-0.2, -0.15) is 0 Å². The minimum Gasteiger partial charge on any atom is -0.441 e. The highest BCUT2D eigenvalue weighted by atomic mass is 16.3. The molecule has 0 fully saturated rings.